The minimum atomic E-state index is -2.71. The summed E-state index contributed by atoms with van der Waals surface area (Å²) in [5.74, 6) is 0. The van der Waals surface area contributed by atoms with Crippen LogP contribution in [0.2, 0.25) is 6.04 Å². The van der Waals surface area contributed by atoms with Gasteiger partial charge >= 0.3 is 0 Å². The van der Waals surface area contributed by atoms with Gasteiger partial charge in [0.15, 0.2) is 8.07 Å². The molecule has 0 radical (unpaired) electrons. The third-order valence-electron chi connectivity index (χ3n) is 11.8. The molecule has 0 aliphatic carbocycles. The molecule has 6 aromatic rings. The lowest BCUT2D eigenvalue weighted by Gasteiger charge is -2.38. The molecule has 0 bridgehead atoms. The second-order valence-corrected chi connectivity index (χ2v) is 19.6. The zero-order chi connectivity index (χ0) is 37.8. The van der Waals surface area contributed by atoms with E-state index >= 15 is 0 Å². The molecule has 0 N–H and O–H groups in total. The highest BCUT2D eigenvalue weighted by Gasteiger charge is 2.43. The van der Waals surface area contributed by atoms with E-state index in [1.807, 2.05) is 0 Å². The van der Waals surface area contributed by atoms with Gasteiger partial charge < -0.3 is 0 Å². The van der Waals surface area contributed by atoms with Crippen LogP contribution >= 0.6 is 0 Å². The lowest BCUT2D eigenvalue weighted by atomic mass is 10.0. The van der Waals surface area contributed by atoms with Gasteiger partial charge in [0, 0.05) is 0 Å². The number of hydrogen-bond donors (Lipinski definition) is 0. The van der Waals surface area contributed by atoms with Crippen LogP contribution in [-0.4, -0.2) is 8.07 Å². The van der Waals surface area contributed by atoms with Crippen LogP contribution in [0.15, 0.2) is 164 Å². The molecule has 0 heterocycles. The Bertz CT molecular complexity index is 1740. The van der Waals surface area contributed by atoms with Gasteiger partial charge in [0.2, 0.25) is 0 Å². The summed E-state index contributed by atoms with van der Waals surface area (Å²) in [4.78, 5) is 0. The van der Waals surface area contributed by atoms with Crippen LogP contribution in [0.1, 0.15) is 110 Å². The van der Waals surface area contributed by atoms with Crippen molar-refractivity contribution in [2.45, 2.75) is 116 Å². The van der Waals surface area contributed by atoms with Crippen LogP contribution in [0, 0.1) is 0 Å². The Hall–Kier alpha value is -4.46. The van der Waals surface area contributed by atoms with Crippen molar-refractivity contribution in [3.8, 4) is 33.4 Å². The molecule has 0 nitrogen and oxygen atoms in total. The van der Waals surface area contributed by atoms with E-state index < -0.39 is 8.07 Å². The van der Waals surface area contributed by atoms with Crippen LogP contribution in [0.25, 0.3) is 33.4 Å². The molecule has 6 aromatic carbocycles. The van der Waals surface area contributed by atoms with Crippen LogP contribution in [0.3, 0.4) is 0 Å². The number of unbranched alkanes of at least 4 members (excludes halogenated alkanes) is 15. The summed E-state index contributed by atoms with van der Waals surface area (Å²) in [6.07, 6.45) is 22.2. The summed E-state index contributed by atoms with van der Waals surface area (Å²) in [5, 5.41) is 4.57. The maximum atomic E-state index is 2.49. The summed E-state index contributed by atoms with van der Waals surface area (Å²) >= 11 is 0. The Balaban J connectivity index is 1.30. The van der Waals surface area contributed by atoms with Crippen molar-refractivity contribution in [2.24, 2.45) is 0 Å². The zero-order valence-corrected chi connectivity index (χ0v) is 34.6. The molecule has 0 spiro atoms. The quantitative estimate of drug-likeness (QED) is 0.0349. The molecule has 0 aromatic heterocycles. The molecule has 0 saturated heterocycles. The topological polar surface area (TPSA) is 0 Å². The fourth-order valence-electron chi connectivity index (χ4n) is 8.95. The molecule has 284 valence electrons. The second-order valence-electron chi connectivity index (χ2n) is 15.7. The standard InChI is InChI=1S/C54H64Si/c1-2-3-4-5-6-7-8-9-10-11-12-13-14-15-16-32-45-55(52-42-29-26-39-49(52)46-33-20-17-21-34-46,53-43-30-27-40-50(53)47-35-22-18-23-36-47)54-44-31-28-41-51(54)48-37-24-19-25-38-48/h17-31,33-44H,2-16,32,45H2,1H3. The van der Waals surface area contributed by atoms with Crippen molar-refractivity contribution < 1.29 is 0 Å². The lowest BCUT2D eigenvalue weighted by Crippen LogP contribution is -2.68. The van der Waals surface area contributed by atoms with Gasteiger partial charge in [0.25, 0.3) is 0 Å². The van der Waals surface area contributed by atoms with E-state index in [1.165, 1.54) is 158 Å². The number of benzene rings is 6. The van der Waals surface area contributed by atoms with Crippen molar-refractivity contribution in [2.75, 3.05) is 0 Å². The normalized spacial score (nSPS) is 11.5. The Labute approximate surface area is 335 Å². The highest BCUT2D eigenvalue weighted by molar-refractivity contribution is 7.13. The van der Waals surface area contributed by atoms with E-state index in [4.69, 9.17) is 0 Å². The fraction of sp³-hybridized carbons (Fsp3) is 0.333. The van der Waals surface area contributed by atoms with Crippen LogP contribution < -0.4 is 15.6 Å². The van der Waals surface area contributed by atoms with Gasteiger partial charge in [-0.15, -0.1) is 0 Å². The Morgan fingerprint density at radius 2 is 0.527 bits per heavy atom. The van der Waals surface area contributed by atoms with Crippen LogP contribution in [0.5, 0.6) is 0 Å². The molecular formula is C54H64Si. The molecule has 0 fully saturated rings. The Kier molecular flexibility index (Phi) is 16.2. The van der Waals surface area contributed by atoms with E-state index in [-0.39, 0.29) is 0 Å². The molecular weight excluding hydrogens is 677 g/mol. The second kappa shape index (κ2) is 22.2. The maximum Gasteiger partial charge on any atom is 0.150 e. The van der Waals surface area contributed by atoms with E-state index in [0.29, 0.717) is 0 Å². The largest absolute Gasteiger partial charge is 0.150 e. The van der Waals surface area contributed by atoms with Crippen molar-refractivity contribution in [3.63, 3.8) is 0 Å². The molecule has 1 heteroatoms. The number of hydrogen-bond acceptors (Lipinski definition) is 0. The molecule has 0 amide bonds. The van der Waals surface area contributed by atoms with Crippen molar-refractivity contribution >= 4 is 23.6 Å². The molecule has 0 unspecified atom stereocenters. The predicted octanol–water partition coefficient (Wildman–Crippen LogP) is 14.4. The molecule has 6 rings (SSSR count). The minimum Gasteiger partial charge on any atom is -0.0654 e. The van der Waals surface area contributed by atoms with E-state index in [9.17, 15) is 0 Å². The highest BCUT2D eigenvalue weighted by Crippen LogP contribution is 2.31. The zero-order valence-electron chi connectivity index (χ0n) is 33.6. The third-order valence-corrected chi connectivity index (χ3v) is 17.0. The predicted molar refractivity (Wildman–Crippen MR) is 245 cm³/mol. The van der Waals surface area contributed by atoms with Crippen molar-refractivity contribution in [1.82, 2.24) is 0 Å². The average Bonchev–Trinajstić information content (AvgIpc) is 3.26. The third kappa shape index (κ3) is 10.9. The van der Waals surface area contributed by atoms with Crippen LogP contribution in [0.4, 0.5) is 0 Å². The average molecular weight is 741 g/mol. The molecule has 55 heavy (non-hydrogen) atoms. The summed E-state index contributed by atoms with van der Waals surface area (Å²) in [6, 6.07) is 62.8. The van der Waals surface area contributed by atoms with Gasteiger partial charge in [-0.25, -0.2) is 0 Å². The van der Waals surface area contributed by atoms with E-state index in [0.717, 1.165) is 0 Å². The SMILES string of the molecule is CCCCCCCCCCCCCCCCCC[Si](c1ccccc1-c1ccccc1)(c1ccccc1-c1ccccc1)c1ccccc1-c1ccccc1. The first-order valence-corrected chi connectivity index (χ1v) is 24.0. The van der Waals surface area contributed by atoms with Gasteiger partial charge in [-0.2, -0.15) is 0 Å². The summed E-state index contributed by atoms with van der Waals surface area (Å²) in [5.41, 5.74) is 8.02. The number of rotatable bonds is 23. The highest BCUT2D eigenvalue weighted by atomic mass is 28.3. The lowest BCUT2D eigenvalue weighted by molar-refractivity contribution is 0.531. The summed E-state index contributed by atoms with van der Waals surface area (Å²) < 4.78 is 0. The molecule has 0 saturated carbocycles. The smallest absolute Gasteiger partial charge is 0.0654 e. The van der Waals surface area contributed by atoms with Gasteiger partial charge in [-0.1, -0.05) is 273 Å². The van der Waals surface area contributed by atoms with Gasteiger partial charge in [0.05, 0.1) is 0 Å². The summed E-state index contributed by atoms with van der Waals surface area (Å²) in [6.45, 7) is 2.31. The van der Waals surface area contributed by atoms with Gasteiger partial charge in [-0.3, -0.25) is 0 Å². The molecule has 0 aliphatic rings. The van der Waals surface area contributed by atoms with Gasteiger partial charge in [-0.05, 0) is 55.0 Å². The minimum absolute atomic E-state index is 1.17. The molecule has 0 atom stereocenters. The van der Waals surface area contributed by atoms with E-state index in [1.54, 1.807) is 0 Å². The fourth-order valence-corrected chi connectivity index (χ4v) is 14.6. The maximum absolute atomic E-state index is 2.71. The van der Waals surface area contributed by atoms with Crippen LogP contribution in [-0.2, 0) is 0 Å². The van der Waals surface area contributed by atoms with Crippen molar-refractivity contribution in [1.29, 1.82) is 0 Å². The first kappa shape index (κ1) is 40.2. The first-order valence-electron chi connectivity index (χ1n) is 21.8. The Morgan fingerprint density at radius 1 is 0.273 bits per heavy atom. The van der Waals surface area contributed by atoms with E-state index in [2.05, 4.69) is 171 Å². The monoisotopic (exact) mass is 740 g/mol. The van der Waals surface area contributed by atoms with Crippen molar-refractivity contribution in [3.05, 3.63) is 164 Å². The Morgan fingerprint density at radius 3 is 0.836 bits per heavy atom. The van der Waals surface area contributed by atoms with Gasteiger partial charge in [0.1, 0.15) is 0 Å². The molecule has 0 aliphatic heterocycles. The first-order chi connectivity index (χ1) is 27.3. The summed E-state index contributed by atoms with van der Waals surface area (Å²) in [7, 11) is -2.71.